The van der Waals surface area contributed by atoms with Crippen LogP contribution < -0.4 is 20.9 Å². The number of ether oxygens (including phenoxy) is 3. The van der Waals surface area contributed by atoms with Crippen LogP contribution in [0.3, 0.4) is 0 Å². The van der Waals surface area contributed by atoms with Gasteiger partial charge in [-0.25, -0.2) is 9.59 Å². The van der Waals surface area contributed by atoms with Crippen molar-refractivity contribution in [1.82, 2.24) is 14.8 Å². The van der Waals surface area contributed by atoms with Crippen LogP contribution in [0, 0.1) is 11.3 Å². The van der Waals surface area contributed by atoms with Gasteiger partial charge in [-0.15, -0.1) is 0 Å². The SMILES string of the molecule is CCC(C(=O)Nc1ccc(C(=O)OC[C@H](NC(=O)CN2CCCC2)C(=O)OCc2ccccc2)cc1)n1cc(OC)c(-c2cc(Cl)ccc2C#N)cc1=O. The van der Waals surface area contributed by atoms with Crippen molar-refractivity contribution >= 4 is 41.0 Å². The molecule has 3 aromatic carbocycles. The molecule has 2 atom stereocenters. The van der Waals surface area contributed by atoms with Gasteiger partial charge in [-0.3, -0.25) is 23.9 Å². The summed E-state index contributed by atoms with van der Waals surface area (Å²) in [4.78, 5) is 67.6. The minimum atomic E-state index is -1.23. The van der Waals surface area contributed by atoms with Crippen LogP contribution in [-0.2, 0) is 30.5 Å². The van der Waals surface area contributed by atoms with Crippen LogP contribution in [0.1, 0.15) is 53.7 Å². The second kappa shape index (κ2) is 18.7. The summed E-state index contributed by atoms with van der Waals surface area (Å²) in [5.74, 6) is -2.11. The molecule has 0 spiro atoms. The summed E-state index contributed by atoms with van der Waals surface area (Å²) < 4.78 is 17.7. The molecule has 0 radical (unpaired) electrons. The number of pyridine rings is 1. The number of hydrogen-bond donors (Lipinski definition) is 2. The summed E-state index contributed by atoms with van der Waals surface area (Å²) in [5, 5.41) is 15.4. The van der Waals surface area contributed by atoms with Gasteiger partial charge < -0.3 is 24.8 Å². The third-order valence-electron chi connectivity index (χ3n) is 8.86. The Kier molecular flexibility index (Phi) is 13.6. The zero-order valence-corrected chi connectivity index (χ0v) is 30.6. The van der Waals surface area contributed by atoms with Crippen molar-refractivity contribution < 1.29 is 33.4 Å². The number of benzene rings is 3. The summed E-state index contributed by atoms with van der Waals surface area (Å²) in [6.07, 6.45) is 3.67. The van der Waals surface area contributed by atoms with Gasteiger partial charge in [-0.1, -0.05) is 48.9 Å². The number of anilines is 1. The number of halogens is 1. The van der Waals surface area contributed by atoms with Gasteiger partial charge in [0.1, 0.15) is 25.0 Å². The number of nitriles is 1. The average Bonchev–Trinajstić information content (AvgIpc) is 3.69. The zero-order chi connectivity index (χ0) is 38.6. The number of amides is 2. The van der Waals surface area contributed by atoms with Crippen LogP contribution in [0.25, 0.3) is 11.1 Å². The van der Waals surface area contributed by atoms with E-state index in [4.69, 9.17) is 25.8 Å². The highest BCUT2D eigenvalue weighted by Crippen LogP contribution is 2.33. The number of likely N-dealkylation sites (tertiary alicyclic amines) is 1. The number of nitrogens with zero attached hydrogens (tertiary/aromatic N) is 3. The van der Waals surface area contributed by atoms with Gasteiger partial charge in [0.05, 0.1) is 37.0 Å². The first kappa shape index (κ1) is 39.2. The molecular weight excluding hydrogens is 714 g/mol. The van der Waals surface area contributed by atoms with Gasteiger partial charge in [-0.2, -0.15) is 5.26 Å². The molecule has 0 aliphatic carbocycles. The van der Waals surface area contributed by atoms with Crippen LogP contribution in [0.2, 0.25) is 5.02 Å². The van der Waals surface area contributed by atoms with Gasteiger partial charge in [0.2, 0.25) is 11.8 Å². The largest absolute Gasteiger partial charge is 0.495 e. The molecule has 1 unspecified atom stereocenters. The third kappa shape index (κ3) is 10.1. The highest BCUT2D eigenvalue weighted by molar-refractivity contribution is 6.31. The Balaban J connectivity index is 1.23. The van der Waals surface area contributed by atoms with Gasteiger partial charge in [0, 0.05) is 27.9 Å². The van der Waals surface area contributed by atoms with E-state index in [-0.39, 0.29) is 36.8 Å². The lowest BCUT2D eigenvalue weighted by molar-refractivity contribution is -0.150. The Bertz CT molecular complexity index is 2070. The van der Waals surface area contributed by atoms with Crippen molar-refractivity contribution in [3.05, 3.63) is 117 Å². The molecule has 2 amide bonds. The molecular formula is C40H40ClN5O8. The maximum atomic E-state index is 13.5. The fraction of sp³-hybridized carbons (Fsp3) is 0.300. The number of aromatic nitrogens is 1. The molecule has 1 aliphatic heterocycles. The molecule has 0 bridgehead atoms. The Labute approximate surface area is 317 Å². The smallest absolute Gasteiger partial charge is 0.338 e. The van der Waals surface area contributed by atoms with Crippen LogP contribution in [0.5, 0.6) is 5.75 Å². The molecule has 2 heterocycles. The van der Waals surface area contributed by atoms with Gasteiger partial charge >= 0.3 is 11.9 Å². The molecule has 4 aromatic rings. The van der Waals surface area contributed by atoms with Crippen LogP contribution in [0.15, 0.2) is 89.9 Å². The van der Waals surface area contributed by atoms with Crippen molar-refractivity contribution in [3.8, 4) is 22.9 Å². The number of carbonyl (C=O) groups is 4. The van der Waals surface area contributed by atoms with Crippen LogP contribution in [-0.4, -0.2) is 72.6 Å². The Morgan fingerprint density at radius 3 is 2.33 bits per heavy atom. The molecule has 54 heavy (non-hydrogen) atoms. The predicted molar refractivity (Wildman–Crippen MR) is 201 cm³/mol. The van der Waals surface area contributed by atoms with Gasteiger partial charge in [0.15, 0.2) is 6.04 Å². The first-order valence-electron chi connectivity index (χ1n) is 17.4. The van der Waals surface area contributed by atoms with E-state index < -0.39 is 42.1 Å². The highest BCUT2D eigenvalue weighted by Gasteiger charge is 2.27. The first-order valence-corrected chi connectivity index (χ1v) is 17.8. The predicted octanol–water partition coefficient (Wildman–Crippen LogP) is 5.12. The molecule has 13 nitrogen and oxygen atoms in total. The van der Waals surface area contributed by atoms with Crippen LogP contribution in [0.4, 0.5) is 5.69 Å². The van der Waals surface area contributed by atoms with E-state index in [0.29, 0.717) is 27.4 Å². The van der Waals surface area contributed by atoms with E-state index >= 15 is 0 Å². The number of hydrogen-bond acceptors (Lipinski definition) is 10. The number of rotatable bonds is 15. The summed E-state index contributed by atoms with van der Waals surface area (Å²) in [6.45, 7) is 2.97. The molecule has 14 heteroatoms. The van der Waals surface area contributed by atoms with E-state index in [2.05, 4.69) is 16.7 Å². The molecule has 0 saturated carbocycles. The average molecular weight is 754 g/mol. The molecule has 1 aliphatic rings. The highest BCUT2D eigenvalue weighted by atomic mass is 35.5. The first-order chi connectivity index (χ1) is 26.1. The van der Waals surface area contributed by atoms with E-state index in [1.165, 1.54) is 48.2 Å². The van der Waals surface area contributed by atoms with E-state index in [1.807, 2.05) is 23.1 Å². The van der Waals surface area contributed by atoms with Crippen LogP contribution >= 0.6 is 11.6 Å². The standard InChI is InChI=1S/C40H40ClN5O8/c1-3-34(46-22-35(52-2)32(20-37(46)48)31-19-29(41)14-11-28(31)21-42)38(49)43-30-15-12-27(13-16-30)39(50)54-25-33(44-36(47)23-45-17-7-8-18-45)40(51)53-24-26-9-5-4-6-10-26/h4-6,9-16,19-20,22,33-34H,3,7-8,17-18,23-25H2,1-2H3,(H,43,49)(H,44,47)/t33-,34?/m0/s1. The van der Waals surface area contributed by atoms with Gasteiger partial charge in [-0.05, 0) is 80.4 Å². The normalized spacial score (nSPS) is 13.6. The number of esters is 2. The minimum absolute atomic E-state index is 0.0160. The fourth-order valence-corrected chi connectivity index (χ4v) is 6.20. The van der Waals surface area contributed by atoms with Gasteiger partial charge in [0.25, 0.3) is 5.56 Å². The molecule has 1 fully saturated rings. The lowest BCUT2D eigenvalue weighted by Crippen LogP contribution is -2.48. The molecule has 1 aromatic heterocycles. The number of carbonyl (C=O) groups excluding carboxylic acids is 4. The summed E-state index contributed by atoms with van der Waals surface area (Å²) in [5.41, 5.74) is 1.82. The monoisotopic (exact) mass is 753 g/mol. The van der Waals surface area contributed by atoms with E-state index in [0.717, 1.165) is 31.5 Å². The molecule has 280 valence electrons. The topological polar surface area (TPSA) is 169 Å². The van der Waals surface area contributed by atoms with E-state index in [1.54, 1.807) is 37.3 Å². The molecule has 1 saturated heterocycles. The number of methoxy groups -OCH3 is 1. The molecule has 5 rings (SSSR count). The maximum Gasteiger partial charge on any atom is 0.338 e. The van der Waals surface area contributed by atoms with E-state index in [9.17, 15) is 29.2 Å². The third-order valence-corrected chi connectivity index (χ3v) is 9.10. The lowest BCUT2D eigenvalue weighted by Gasteiger charge is -2.20. The van der Waals surface area contributed by atoms with Crippen molar-refractivity contribution in [2.75, 3.05) is 38.7 Å². The number of nitrogens with one attached hydrogen (secondary N) is 2. The summed E-state index contributed by atoms with van der Waals surface area (Å²) in [6, 6.07) is 20.9. The summed E-state index contributed by atoms with van der Waals surface area (Å²) >= 11 is 6.17. The fourth-order valence-electron chi connectivity index (χ4n) is 6.03. The summed E-state index contributed by atoms with van der Waals surface area (Å²) in [7, 11) is 1.42. The quantitative estimate of drug-likeness (QED) is 0.156. The minimum Gasteiger partial charge on any atom is -0.495 e. The van der Waals surface area contributed by atoms with Crippen molar-refractivity contribution in [3.63, 3.8) is 0 Å². The van der Waals surface area contributed by atoms with Crippen molar-refractivity contribution in [2.45, 2.75) is 44.9 Å². The zero-order valence-electron chi connectivity index (χ0n) is 29.9. The Morgan fingerprint density at radius 1 is 0.944 bits per heavy atom. The second-order valence-corrected chi connectivity index (χ2v) is 13.0. The lowest BCUT2D eigenvalue weighted by atomic mass is 10.00. The van der Waals surface area contributed by atoms with Crippen molar-refractivity contribution in [2.24, 2.45) is 0 Å². The second-order valence-electron chi connectivity index (χ2n) is 12.6. The van der Waals surface area contributed by atoms with Crippen molar-refractivity contribution in [1.29, 1.82) is 5.26 Å². The Morgan fingerprint density at radius 2 is 1.67 bits per heavy atom. The maximum absolute atomic E-state index is 13.5. The molecule has 2 N–H and O–H groups in total. The Hall–Kier alpha value is -5.97.